The number of aryl methyl sites for hydroxylation is 2. The van der Waals surface area contributed by atoms with Gasteiger partial charge in [-0.15, -0.1) is 0 Å². The average Bonchev–Trinajstić information content (AvgIpc) is 3.25. The number of rotatable bonds is 4. The van der Waals surface area contributed by atoms with Crippen molar-refractivity contribution in [2.24, 2.45) is 0 Å². The zero-order chi connectivity index (χ0) is 17.2. The summed E-state index contributed by atoms with van der Waals surface area (Å²) >= 11 is 0. The van der Waals surface area contributed by atoms with Gasteiger partial charge < -0.3 is 9.64 Å². The highest BCUT2D eigenvalue weighted by atomic mass is 16.5. The van der Waals surface area contributed by atoms with Crippen LogP contribution in [0.5, 0.6) is 0 Å². The lowest BCUT2D eigenvalue weighted by atomic mass is 10.2. The Labute approximate surface area is 148 Å². The molecule has 0 aliphatic carbocycles. The van der Waals surface area contributed by atoms with Gasteiger partial charge in [-0.25, -0.2) is 14.6 Å². The van der Waals surface area contributed by atoms with Crippen molar-refractivity contribution in [3.8, 4) is 5.82 Å². The van der Waals surface area contributed by atoms with Crippen LogP contribution in [-0.4, -0.2) is 70.1 Å². The predicted molar refractivity (Wildman–Crippen MR) is 96.3 cm³/mol. The minimum atomic E-state index is 0.434. The van der Waals surface area contributed by atoms with Crippen molar-refractivity contribution in [3.05, 3.63) is 29.8 Å². The van der Waals surface area contributed by atoms with Crippen LogP contribution in [0.1, 0.15) is 24.2 Å². The maximum Gasteiger partial charge on any atom is 0.159 e. The van der Waals surface area contributed by atoms with Crippen LogP contribution in [0.15, 0.2) is 18.5 Å². The Balaban J connectivity index is 1.41. The summed E-state index contributed by atoms with van der Waals surface area (Å²) in [6.07, 6.45) is 4.49. The third-order valence-corrected chi connectivity index (χ3v) is 5.05. The summed E-state index contributed by atoms with van der Waals surface area (Å²) in [5.74, 6) is 1.81. The Bertz CT molecular complexity index is 716. The van der Waals surface area contributed by atoms with Gasteiger partial charge in [0.1, 0.15) is 12.1 Å². The molecule has 2 aromatic heterocycles. The van der Waals surface area contributed by atoms with E-state index in [-0.39, 0.29) is 0 Å². The zero-order valence-corrected chi connectivity index (χ0v) is 15.1. The number of anilines is 1. The molecule has 0 N–H and O–H groups in total. The van der Waals surface area contributed by atoms with Crippen LogP contribution in [0, 0.1) is 13.8 Å². The van der Waals surface area contributed by atoms with E-state index < -0.39 is 0 Å². The summed E-state index contributed by atoms with van der Waals surface area (Å²) in [6, 6.07) is 4.10. The van der Waals surface area contributed by atoms with Gasteiger partial charge in [-0.05, 0) is 32.8 Å². The van der Waals surface area contributed by atoms with E-state index in [1.54, 1.807) is 6.33 Å². The number of hydrogen-bond acceptors (Lipinski definition) is 6. The van der Waals surface area contributed by atoms with Gasteiger partial charge in [0, 0.05) is 51.1 Å². The molecule has 2 fully saturated rings. The van der Waals surface area contributed by atoms with Gasteiger partial charge >= 0.3 is 0 Å². The molecular weight excluding hydrogens is 316 g/mol. The van der Waals surface area contributed by atoms with Crippen molar-refractivity contribution in [1.82, 2.24) is 24.6 Å². The number of ether oxygens (including phenoxy) is 1. The Hall–Kier alpha value is -1.99. The Kier molecular flexibility index (Phi) is 4.67. The molecule has 0 aromatic carbocycles. The minimum Gasteiger partial charge on any atom is -0.377 e. The van der Waals surface area contributed by atoms with E-state index in [0.717, 1.165) is 62.4 Å². The predicted octanol–water partition coefficient (Wildman–Crippen LogP) is 1.58. The molecule has 2 aromatic rings. The Morgan fingerprint density at radius 3 is 2.56 bits per heavy atom. The van der Waals surface area contributed by atoms with Crippen molar-refractivity contribution < 1.29 is 4.74 Å². The zero-order valence-electron chi connectivity index (χ0n) is 15.1. The molecule has 7 nitrogen and oxygen atoms in total. The van der Waals surface area contributed by atoms with Crippen molar-refractivity contribution in [2.75, 3.05) is 44.2 Å². The summed E-state index contributed by atoms with van der Waals surface area (Å²) in [7, 11) is 0. The lowest BCUT2D eigenvalue weighted by molar-refractivity contribution is 0.0712. The molecule has 2 aliphatic rings. The topological polar surface area (TPSA) is 59.3 Å². The molecule has 2 saturated heterocycles. The van der Waals surface area contributed by atoms with Crippen LogP contribution >= 0.6 is 0 Å². The van der Waals surface area contributed by atoms with Crippen molar-refractivity contribution >= 4 is 5.82 Å². The van der Waals surface area contributed by atoms with Gasteiger partial charge in [0.2, 0.25) is 0 Å². The quantitative estimate of drug-likeness (QED) is 0.841. The molecule has 0 saturated carbocycles. The van der Waals surface area contributed by atoms with Gasteiger partial charge in [0.25, 0.3) is 0 Å². The second kappa shape index (κ2) is 7.09. The smallest absolute Gasteiger partial charge is 0.159 e. The van der Waals surface area contributed by atoms with Crippen LogP contribution in [0.3, 0.4) is 0 Å². The lowest BCUT2D eigenvalue weighted by Gasteiger charge is -2.36. The second-order valence-electron chi connectivity index (χ2n) is 7.00. The molecule has 25 heavy (non-hydrogen) atoms. The van der Waals surface area contributed by atoms with Gasteiger partial charge in [0.05, 0.1) is 11.8 Å². The highest BCUT2D eigenvalue weighted by molar-refractivity contribution is 5.44. The van der Waals surface area contributed by atoms with Gasteiger partial charge in [-0.3, -0.25) is 4.90 Å². The van der Waals surface area contributed by atoms with E-state index in [2.05, 4.69) is 30.9 Å². The van der Waals surface area contributed by atoms with Crippen LogP contribution in [-0.2, 0) is 4.74 Å². The minimum absolute atomic E-state index is 0.434. The number of hydrogen-bond donors (Lipinski definition) is 0. The first-order valence-electron chi connectivity index (χ1n) is 9.13. The van der Waals surface area contributed by atoms with E-state index >= 15 is 0 Å². The number of aromatic nitrogens is 4. The number of nitrogens with zero attached hydrogens (tertiary/aromatic N) is 6. The van der Waals surface area contributed by atoms with Crippen LogP contribution in [0.4, 0.5) is 5.82 Å². The summed E-state index contributed by atoms with van der Waals surface area (Å²) < 4.78 is 7.64. The normalized spacial score (nSPS) is 21.8. The van der Waals surface area contributed by atoms with E-state index in [0.29, 0.717) is 6.10 Å². The van der Waals surface area contributed by atoms with Crippen LogP contribution in [0.25, 0.3) is 5.82 Å². The first kappa shape index (κ1) is 16.5. The summed E-state index contributed by atoms with van der Waals surface area (Å²) in [5, 5.41) is 4.52. The molecule has 0 spiro atoms. The molecular formula is C18H26N6O. The molecule has 134 valence electrons. The van der Waals surface area contributed by atoms with E-state index in [1.807, 2.05) is 24.6 Å². The maximum absolute atomic E-state index is 5.76. The third-order valence-electron chi connectivity index (χ3n) is 5.05. The molecule has 0 bridgehead atoms. The van der Waals surface area contributed by atoms with E-state index in [9.17, 15) is 0 Å². The SMILES string of the molecule is Cc1cc(C)n(-c2cc(N3CCN(CC4CCCO4)CC3)ncn2)n1. The fourth-order valence-corrected chi connectivity index (χ4v) is 3.72. The van der Waals surface area contributed by atoms with Crippen molar-refractivity contribution in [3.63, 3.8) is 0 Å². The largest absolute Gasteiger partial charge is 0.377 e. The molecule has 4 heterocycles. The highest BCUT2D eigenvalue weighted by Crippen LogP contribution is 2.19. The van der Waals surface area contributed by atoms with Crippen molar-refractivity contribution in [2.45, 2.75) is 32.8 Å². The number of piperazine rings is 1. The Morgan fingerprint density at radius 1 is 1.08 bits per heavy atom. The maximum atomic E-state index is 5.76. The van der Waals surface area contributed by atoms with Crippen LogP contribution in [0.2, 0.25) is 0 Å². The molecule has 1 unspecified atom stereocenters. The average molecular weight is 342 g/mol. The third kappa shape index (κ3) is 3.67. The standard InChI is InChI=1S/C18H26N6O/c1-14-10-15(2)24(21-14)18-11-17(19-13-20-18)23-7-5-22(6-8-23)12-16-4-3-9-25-16/h10-11,13,16H,3-9,12H2,1-2H3. The highest BCUT2D eigenvalue weighted by Gasteiger charge is 2.23. The monoisotopic (exact) mass is 342 g/mol. The fourth-order valence-electron chi connectivity index (χ4n) is 3.72. The van der Waals surface area contributed by atoms with Crippen LogP contribution < -0.4 is 4.90 Å². The summed E-state index contributed by atoms with van der Waals surface area (Å²) in [6.45, 7) is 10.1. The van der Waals surface area contributed by atoms with Gasteiger partial charge in [-0.2, -0.15) is 5.10 Å². The molecule has 0 radical (unpaired) electrons. The van der Waals surface area contributed by atoms with E-state index in [4.69, 9.17) is 4.74 Å². The van der Waals surface area contributed by atoms with Crippen molar-refractivity contribution in [1.29, 1.82) is 0 Å². The fraction of sp³-hybridized carbons (Fsp3) is 0.611. The molecule has 1 atom stereocenters. The molecule has 7 heteroatoms. The molecule has 2 aliphatic heterocycles. The summed E-state index contributed by atoms with van der Waals surface area (Å²) in [4.78, 5) is 13.7. The summed E-state index contributed by atoms with van der Waals surface area (Å²) in [5.41, 5.74) is 2.09. The van der Waals surface area contributed by atoms with Gasteiger partial charge in [0.15, 0.2) is 5.82 Å². The Morgan fingerprint density at radius 2 is 1.88 bits per heavy atom. The first-order valence-corrected chi connectivity index (χ1v) is 9.13. The van der Waals surface area contributed by atoms with Gasteiger partial charge in [-0.1, -0.05) is 0 Å². The second-order valence-corrected chi connectivity index (χ2v) is 7.00. The molecule has 0 amide bonds. The van der Waals surface area contributed by atoms with E-state index in [1.165, 1.54) is 12.8 Å². The first-order chi connectivity index (χ1) is 12.2. The lowest BCUT2D eigenvalue weighted by Crippen LogP contribution is -2.48. The molecule has 4 rings (SSSR count).